The topological polar surface area (TPSA) is 44.1 Å². The van der Waals surface area contributed by atoms with E-state index in [2.05, 4.69) is 12.0 Å². The SMILES string of the molecule is CCOC(=O)c1cnn(C(C)CC2CCCCC2)c1C. The summed E-state index contributed by atoms with van der Waals surface area (Å²) in [5, 5.41) is 4.40. The minimum atomic E-state index is -0.263. The Bertz CT molecular complexity index is 447. The van der Waals surface area contributed by atoms with Crippen molar-refractivity contribution in [3.8, 4) is 0 Å². The van der Waals surface area contributed by atoms with Gasteiger partial charge >= 0.3 is 5.97 Å². The molecule has 1 aromatic heterocycles. The molecule has 0 saturated heterocycles. The summed E-state index contributed by atoms with van der Waals surface area (Å²) < 4.78 is 7.05. The normalized spacial score (nSPS) is 17.9. The molecular formula is C16H26N2O2. The van der Waals surface area contributed by atoms with Crippen LogP contribution in [0.5, 0.6) is 0 Å². The Hall–Kier alpha value is -1.32. The monoisotopic (exact) mass is 278 g/mol. The minimum absolute atomic E-state index is 0.263. The van der Waals surface area contributed by atoms with Crippen molar-refractivity contribution in [2.75, 3.05) is 6.61 Å². The van der Waals surface area contributed by atoms with Crippen LogP contribution < -0.4 is 0 Å². The van der Waals surface area contributed by atoms with Crippen LogP contribution in [0.1, 0.15) is 74.5 Å². The molecule has 0 spiro atoms. The second kappa shape index (κ2) is 6.91. The first-order chi connectivity index (χ1) is 9.63. The van der Waals surface area contributed by atoms with Gasteiger partial charge in [0.1, 0.15) is 5.56 Å². The molecule has 0 bridgehead atoms. The molecule has 4 nitrogen and oxygen atoms in total. The standard InChI is InChI=1S/C16H26N2O2/c1-4-20-16(19)15-11-17-18(13(15)3)12(2)10-14-8-6-5-7-9-14/h11-12,14H,4-10H2,1-3H3. The van der Waals surface area contributed by atoms with Crippen molar-refractivity contribution < 1.29 is 9.53 Å². The van der Waals surface area contributed by atoms with Gasteiger partial charge in [-0.2, -0.15) is 5.10 Å². The minimum Gasteiger partial charge on any atom is -0.462 e. The summed E-state index contributed by atoms with van der Waals surface area (Å²) in [4.78, 5) is 11.8. The number of esters is 1. The molecule has 1 atom stereocenters. The van der Waals surface area contributed by atoms with Crippen molar-refractivity contribution in [3.05, 3.63) is 17.5 Å². The highest BCUT2D eigenvalue weighted by Gasteiger charge is 2.21. The van der Waals surface area contributed by atoms with Gasteiger partial charge in [-0.1, -0.05) is 32.1 Å². The maximum atomic E-state index is 11.8. The average Bonchev–Trinajstić information content (AvgIpc) is 2.82. The molecule has 1 unspecified atom stereocenters. The molecule has 112 valence electrons. The number of carbonyl (C=O) groups is 1. The summed E-state index contributed by atoms with van der Waals surface area (Å²) >= 11 is 0. The lowest BCUT2D eigenvalue weighted by molar-refractivity contribution is 0.0525. The number of aromatic nitrogens is 2. The fourth-order valence-corrected chi connectivity index (χ4v) is 3.28. The zero-order chi connectivity index (χ0) is 14.5. The summed E-state index contributed by atoms with van der Waals surface area (Å²) in [6, 6.07) is 0.348. The van der Waals surface area contributed by atoms with E-state index in [1.54, 1.807) is 6.20 Å². The van der Waals surface area contributed by atoms with Gasteiger partial charge in [0.2, 0.25) is 0 Å². The molecule has 1 aromatic rings. The zero-order valence-electron chi connectivity index (χ0n) is 12.9. The summed E-state index contributed by atoms with van der Waals surface area (Å²) in [6.45, 7) is 6.38. The Balaban J connectivity index is 2.02. The van der Waals surface area contributed by atoms with Crippen molar-refractivity contribution >= 4 is 5.97 Å². The third-order valence-electron chi connectivity index (χ3n) is 4.36. The van der Waals surface area contributed by atoms with Gasteiger partial charge in [-0.15, -0.1) is 0 Å². The fourth-order valence-electron chi connectivity index (χ4n) is 3.28. The largest absolute Gasteiger partial charge is 0.462 e. The lowest BCUT2D eigenvalue weighted by Crippen LogP contribution is -2.16. The Morgan fingerprint density at radius 3 is 2.80 bits per heavy atom. The van der Waals surface area contributed by atoms with Crippen LogP contribution in [0.2, 0.25) is 0 Å². The zero-order valence-corrected chi connectivity index (χ0v) is 12.9. The first kappa shape index (κ1) is 15.1. The van der Waals surface area contributed by atoms with E-state index in [1.807, 2.05) is 18.5 Å². The van der Waals surface area contributed by atoms with E-state index in [0.29, 0.717) is 18.2 Å². The second-order valence-electron chi connectivity index (χ2n) is 5.90. The highest BCUT2D eigenvalue weighted by molar-refractivity contribution is 5.90. The van der Waals surface area contributed by atoms with Crippen LogP contribution in [-0.4, -0.2) is 22.4 Å². The Kier molecular flexibility index (Phi) is 5.21. The molecule has 1 aliphatic carbocycles. The van der Waals surface area contributed by atoms with Crippen LogP contribution in [0.15, 0.2) is 6.20 Å². The maximum Gasteiger partial charge on any atom is 0.341 e. The molecule has 2 rings (SSSR count). The molecule has 0 aliphatic heterocycles. The van der Waals surface area contributed by atoms with Crippen LogP contribution in [-0.2, 0) is 4.74 Å². The molecule has 1 fully saturated rings. The van der Waals surface area contributed by atoms with Crippen LogP contribution in [0, 0.1) is 12.8 Å². The second-order valence-corrected chi connectivity index (χ2v) is 5.90. The molecule has 0 N–H and O–H groups in total. The van der Waals surface area contributed by atoms with Gasteiger partial charge in [0.05, 0.1) is 18.5 Å². The first-order valence-electron chi connectivity index (χ1n) is 7.84. The van der Waals surface area contributed by atoms with Crippen LogP contribution >= 0.6 is 0 Å². The Labute approximate surface area is 121 Å². The third kappa shape index (κ3) is 3.41. The maximum absolute atomic E-state index is 11.8. The van der Waals surface area contributed by atoms with E-state index in [9.17, 15) is 4.79 Å². The first-order valence-corrected chi connectivity index (χ1v) is 7.84. The van der Waals surface area contributed by atoms with E-state index in [1.165, 1.54) is 32.1 Å². The van der Waals surface area contributed by atoms with E-state index in [-0.39, 0.29) is 5.97 Å². The fraction of sp³-hybridized carbons (Fsp3) is 0.750. The number of rotatable bonds is 5. The average molecular weight is 278 g/mol. The highest BCUT2D eigenvalue weighted by atomic mass is 16.5. The van der Waals surface area contributed by atoms with E-state index >= 15 is 0 Å². The van der Waals surface area contributed by atoms with Crippen LogP contribution in [0.3, 0.4) is 0 Å². The molecule has 0 aromatic carbocycles. The molecule has 1 heterocycles. The quantitative estimate of drug-likeness (QED) is 0.767. The summed E-state index contributed by atoms with van der Waals surface area (Å²) in [7, 11) is 0. The van der Waals surface area contributed by atoms with Gasteiger partial charge in [0.15, 0.2) is 0 Å². The van der Waals surface area contributed by atoms with Gasteiger partial charge in [-0.05, 0) is 33.1 Å². The number of nitrogens with zero attached hydrogens (tertiary/aromatic N) is 2. The Morgan fingerprint density at radius 2 is 2.15 bits per heavy atom. The number of hydrogen-bond donors (Lipinski definition) is 0. The van der Waals surface area contributed by atoms with Crippen molar-refractivity contribution in [1.82, 2.24) is 9.78 Å². The lowest BCUT2D eigenvalue weighted by atomic mass is 9.85. The molecular weight excluding hydrogens is 252 g/mol. The lowest BCUT2D eigenvalue weighted by Gasteiger charge is -2.25. The van der Waals surface area contributed by atoms with Crippen LogP contribution in [0.25, 0.3) is 0 Å². The highest BCUT2D eigenvalue weighted by Crippen LogP contribution is 2.31. The number of carbonyl (C=O) groups excluding carboxylic acids is 1. The van der Waals surface area contributed by atoms with Gasteiger partial charge in [-0.3, -0.25) is 4.68 Å². The van der Waals surface area contributed by atoms with Gasteiger partial charge in [0, 0.05) is 6.04 Å². The molecule has 4 heteroatoms. The summed E-state index contributed by atoms with van der Waals surface area (Å²) in [5.41, 5.74) is 1.52. The van der Waals surface area contributed by atoms with Gasteiger partial charge in [0.25, 0.3) is 0 Å². The molecule has 20 heavy (non-hydrogen) atoms. The van der Waals surface area contributed by atoms with Crippen molar-refractivity contribution in [3.63, 3.8) is 0 Å². The van der Waals surface area contributed by atoms with Crippen molar-refractivity contribution in [2.45, 2.75) is 65.3 Å². The van der Waals surface area contributed by atoms with Crippen molar-refractivity contribution in [1.29, 1.82) is 0 Å². The van der Waals surface area contributed by atoms with Gasteiger partial charge < -0.3 is 4.74 Å². The summed E-state index contributed by atoms with van der Waals surface area (Å²) in [6.07, 6.45) is 9.60. The predicted octanol–water partition coefficient (Wildman–Crippen LogP) is 3.90. The van der Waals surface area contributed by atoms with E-state index < -0.39 is 0 Å². The Morgan fingerprint density at radius 1 is 1.45 bits per heavy atom. The number of ether oxygens (including phenoxy) is 1. The molecule has 0 amide bonds. The van der Waals surface area contributed by atoms with Crippen LogP contribution in [0.4, 0.5) is 0 Å². The third-order valence-corrected chi connectivity index (χ3v) is 4.36. The molecule has 0 radical (unpaired) electrons. The predicted molar refractivity (Wildman–Crippen MR) is 78.8 cm³/mol. The number of hydrogen-bond acceptors (Lipinski definition) is 3. The van der Waals surface area contributed by atoms with Gasteiger partial charge in [-0.25, -0.2) is 4.79 Å². The molecule has 1 aliphatic rings. The smallest absolute Gasteiger partial charge is 0.341 e. The van der Waals surface area contributed by atoms with Crippen molar-refractivity contribution in [2.24, 2.45) is 5.92 Å². The summed E-state index contributed by atoms with van der Waals surface area (Å²) in [5.74, 6) is 0.550. The van der Waals surface area contributed by atoms with E-state index in [0.717, 1.165) is 18.0 Å². The molecule has 1 saturated carbocycles. The van der Waals surface area contributed by atoms with E-state index in [4.69, 9.17) is 4.74 Å².